The molecule has 1 aromatic heterocycles. The lowest BCUT2D eigenvalue weighted by Gasteiger charge is -2.16. The Morgan fingerprint density at radius 1 is 1.05 bits per heavy atom. The van der Waals surface area contributed by atoms with E-state index in [-0.39, 0.29) is 6.04 Å². The van der Waals surface area contributed by atoms with E-state index in [1.807, 2.05) is 24.3 Å². The van der Waals surface area contributed by atoms with E-state index < -0.39 is 0 Å². The Labute approximate surface area is 129 Å². The van der Waals surface area contributed by atoms with Crippen LogP contribution in [0.5, 0.6) is 0 Å². The average Bonchev–Trinajstić information content (AvgIpc) is 2.82. The molecule has 1 atom stereocenters. The van der Waals surface area contributed by atoms with Gasteiger partial charge in [0, 0.05) is 5.39 Å². The summed E-state index contributed by atoms with van der Waals surface area (Å²) >= 11 is 6.20. The van der Waals surface area contributed by atoms with Crippen molar-refractivity contribution in [2.75, 3.05) is 0 Å². The molecule has 2 aromatic carbocycles. The van der Waals surface area contributed by atoms with Crippen molar-refractivity contribution in [1.29, 1.82) is 0 Å². The van der Waals surface area contributed by atoms with Gasteiger partial charge in [-0.3, -0.25) is 0 Å². The van der Waals surface area contributed by atoms with E-state index in [2.05, 4.69) is 32.9 Å². The second kappa shape index (κ2) is 5.21. The molecule has 2 N–H and O–H groups in total. The third kappa shape index (κ3) is 2.45. The Balaban J connectivity index is 2.12. The minimum atomic E-state index is -0.283. The number of hydrogen-bond donors (Lipinski definition) is 1. The molecule has 0 aliphatic heterocycles. The van der Waals surface area contributed by atoms with Gasteiger partial charge in [-0.2, -0.15) is 0 Å². The van der Waals surface area contributed by atoms with Crippen LogP contribution in [0.25, 0.3) is 11.0 Å². The molecule has 0 aliphatic carbocycles. The Bertz CT molecular complexity index is 796. The summed E-state index contributed by atoms with van der Waals surface area (Å²) in [6, 6.07) is 11.6. The molecule has 0 bridgehead atoms. The highest BCUT2D eigenvalue weighted by Crippen LogP contribution is 2.33. The summed E-state index contributed by atoms with van der Waals surface area (Å²) in [5, 5.41) is 1.60. The predicted octanol–water partition coefficient (Wildman–Crippen LogP) is 5.06. The van der Waals surface area contributed by atoms with Crippen LogP contribution in [0, 0.1) is 20.8 Å². The summed E-state index contributed by atoms with van der Waals surface area (Å²) in [6.45, 7) is 6.27. The number of rotatable bonds is 2. The molecule has 1 unspecified atom stereocenters. The van der Waals surface area contributed by atoms with Crippen molar-refractivity contribution in [3.8, 4) is 0 Å². The lowest BCUT2D eigenvalue weighted by molar-refractivity contribution is 0.523. The van der Waals surface area contributed by atoms with Gasteiger partial charge in [0.2, 0.25) is 0 Å². The maximum atomic E-state index is 6.45. The number of aryl methyl sites for hydroxylation is 3. The molecule has 0 fully saturated rings. The molecule has 3 heteroatoms. The van der Waals surface area contributed by atoms with Crippen molar-refractivity contribution < 1.29 is 4.42 Å². The van der Waals surface area contributed by atoms with Crippen molar-refractivity contribution in [3.63, 3.8) is 0 Å². The first-order valence-corrected chi connectivity index (χ1v) is 7.36. The van der Waals surface area contributed by atoms with Crippen molar-refractivity contribution in [3.05, 3.63) is 69.4 Å². The molecule has 0 aliphatic rings. The molecular formula is C18H18ClNO. The minimum absolute atomic E-state index is 0.283. The van der Waals surface area contributed by atoms with Gasteiger partial charge in [-0.15, -0.1) is 0 Å². The van der Waals surface area contributed by atoms with E-state index in [0.717, 1.165) is 22.3 Å². The highest BCUT2D eigenvalue weighted by atomic mass is 35.5. The van der Waals surface area contributed by atoms with Gasteiger partial charge < -0.3 is 10.2 Å². The number of benzene rings is 2. The zero-order valence-corrected chi connectivity index (χ0v) is 13.2. The van der Waals surface area contributed by atoms with Crippen LogP contribution in [0.3, 0.4) is 0 Å². The molecular weight excluding hydrogens is 282 g/mol. The first-order valence-electron chi connectivity index (χ1n) is 6.98. The molecule has 0 spiro atoms. The van der Waals surface area contributed by atoms with Gasteiger partial charge in [0.1, 0.15) is 11.3 Å². The summed E-state index contributed by atoms with van der Waals surface area (Å²) in [5.41, 5.74) is 12.0. The van der Waals surface area contributed by atoms with Gasteiger partial charge in [0.25, 0.3) is 0 Å². The van der Waals surface area contributed by atoms with Crippen LogP contribution in [-0.2, 0) is 0 Å². The lowest BCUT2D eigenvalue weighted by atomic mass is 9.93. The topological polar surface area (TPSA) is 39.2 Å². The van der Waals surface area contributed by atoms with Crippen LogP contribution in [0.15, 0.2) is 40.8 Å². The fourth-order valence-electron chi connectivity index (χ4n) is 3.02. The first-order chi connectivity index (χ1) is 9.97. The number of furan rings is 1. The van der Waals surface area contributed by atoms with Gasteiger partial charge in [-0.1, -0.05) is 35.4 Å². The van der Waals surface area contributed by atoms with Crippen LogP contribution >= 0.6 is 11.6 Å². The van der Waals surface area contributed by atoms with Crippen LogP contribution in [0.1, 0.15) is 34.1 Å². The summed E-state index contributed by atoms with van der Waals surface area (Å²) in [4.78, 5) is 0. The Hall–Kier alpha value is -1.77. The standard InChI is InChI=1S/C18H18ClNO/c1-10-7-11(2)17(12(3)8-10)18(20)16-9-13-14(19)5-4-6-15(13)21-16/h4-9,18H,20H2,1-3H3. The van der Waals surface area contributed by atoms with Crippen molar-refractivity contribution in [2.24, 2.45) is 5.73 Å². The van der Waals surface area contributed by atoms with Crippen LogP contribution in [-0.4, -0.2) is 0 Å². The SMILES string of the molecule is Cc1cc(C)c(C(N)c2cc3c(Cl)cccc3o2)c(C)c1. The third-order valence-electron chi connectivity index (χ3n) is 3.88. The number of halogens is 1. The zero-order valence-electron chi connectivity index (χ0n) is 12.4. The van der Waals surface area contributed by atoms with E-state index in [1.54, 1.807) is 0 Å². The molecule has 108 valence electrons. The summed E-state index contributed by atoms with van der Waals surface area (Å²) in [7, 11) is 0. The van der Waals surface area contributed by atoms with Crippen molar-refractivity contribution in [2.45, 2.75) is 26.8 Å². The molecule has 3 aromatic rings. The number of nitrogens with two attached hydrogens (primary N) is 1. The minimum Gasteiger partial charge on any atom is -0.459 e. The average molecular weight is 300 g/mol. The number of hydrogen-bond acceptors (Lipinski definition) is 2. The fourth-order valence-corrected chi connectivity index (χ4v) is 3.24. The second-order valence-corrected chi connectivity index (χ2v) is 6.00. The van der Waals surface area contributed by atoms with E-state index in [9.17, 15) is 0 Å². The zero-order chi connectivity index (χ0) is 15.1. The largest absolute Gasteiger partial charge is 0.459 e. The van der Waals surface area contributed by atoms with Gasteiger partial charge in [-0.05, 0) is 55.7 Å². The van der Waals surface area contributed by atoms with Gasteiger partial charge >= 0.3 is 0 Å². The molecule has 3 rings (SSSR count). The molecule has 0 amide bonds. The van der Waals surface area contributed by atoms with Gasteiger partial charge in [0.15, 0.2) is 0 Å². The van der Waals surface area contributed by atoms with E-state index in [1.165, 1.54) is 16.7 Å². The van der Waals surface area contributed by atoms with E-state index in [0.29, 0.717) is 5.02 Å². The second-order valence-electron chi connectivity index (χ2n) is 5.59. The maximum Gasteiger partial charge on any atom is 0.135 e. The van der Waals surface area contributed by atoms with Gasteiger partial charge in [0.05, 0.1) is 11.1 Å². The Morgan fingerprint density at radius 2 is 1.71 bits per heavy atom. The smallest absolute Gasteiger partial charge is 0.135 e. The van der Waals surface area contributed by atoms with Crippen LogP contribution < -0.4 is 5.73 Å². The van der Waals surface area contributed by atoms with Crippen molar-refractivity contribution in [1.82, 2.24) is 0 Å². The summed E-state index contributed by atoms with van der Waals surface area (Å²) in [6.07, 6.45) is 0. The van der Waals surface area contributed by atoms with Crippen LogP contribution in [0.2, 0.25) is 5.02 Å². The fraction of sp³-hybridized carbons (Fsp3) is 0.222. The molecule has 0 saturated heterocycles. The lowest BCUT2D eigenvalue weighted by Crippen LogP contribution is -2.14. The Morgan fingerprint density at radius 3 is 2.33 bits per heavy atom. The highest BCUT2D eigenvalue weighted by molar-refractivity contribution is 6.35. The van der Waals surface area contributed by atoms with Crippen molar-refractivity contribution >= 4 is 22.6 Å². The first kappa shape index (κ1) is 14.2. The third-order valence-corrected chi connectivity index (χ3v) is 4.21. The molecule has 0 saturated carbocycles. The van der Waals surface area contributed by atoms with Gasteiger partial charge in [-0.25, -0.2) is 0 Å². The predicted molar refractivity (Wildman–Crippen MR) is 87.9 cm³/mol. The summed E-state index contributed by atoms with van der Waals surface area (Å²) in [5.74, 6) is 0.744. The Kier molecular flexibility index (Phi) is 3.52. The van der Waals surface area contributed by atoms with Crippen LogP contribution in [0.4, 0.5) is 0 Å². The molecule has 21 heavy (non-hydrogen) atoms. The molecule has 1 heterocycles. The number of fused-ring (bicyclic) bond motifs is 1. The quantitative estimate of drug-likeness (QED) is 0.718. The molecule has 2 nitrogen and oxygen atoms in total. The monoisotopic (exact) mass is 299 g/mol. The van der Waals surface area contributed by atoms with E-state index >= 15 is 0 Å². The maximum absolute atomic E-state index is 6.45. The molecule has 0 radical (unpaired) electrons. The summed E-state index contributed by atoms with van der Waals surface area (Å²) < 4.78 is 5.90. The highest BCUT2D eigenvalue weighted by Gasteiger charge is 2.19. The van der Waals surface area contributed by atoms with E-state index in [4.69, 9.17) is 21.8 Å². The normalized spacial score (nSPS) is 12.8.